The second kappa shape index (κ2) is 12.5. The number of para-hydroxylation sites is 2. The molecule has 0 spiro atoms. The van der Waals surface area contributed by atoms with Crippen LogP contribution in [0.15, 0.2) is 36.6 Å². The molecule has 2 aromatic rings. The smallest absolute Gasteiger partial charge is 0.414 e. The highest BCUT2D eigenvalue weighted by Gasteiger charge is 2.37. The zero-order chi connectivity index (χ0) is 26.2. The van der Waals surface area contributed by atoms with Crippen LogP contribution in [0.4, 0.5) is 4.79 Å². The number of piperidine rings is 1. The molecule has 2 amide bonds. The third-order valence-corrected chi connectivity index (χ3v) is 6.22. The van der Waals surface area contributed by atoms with Crippen LogP contribution in [-0.4, -0.2) is 70.7 Å². The first-order chi connectivity index (χ1) is 17.2. The normalized spacial score (nSPS) is 17.7. The van der Waals surface area contributed by atoms with Crippen LogP contribution >= 0.6 is 0 Å². The average molecular weight is 496 g/mol. The summed E-state index contributed by atoms with van der Waals surface area (Å²) in [6.45, 7) is 11.7. The summed E-state index contributed by atoms with van der Waals surface area (Å²) < 4.78 is 12.4. The van der Waals surface area contributed by atoms with Gasteiger partial charge in [0.05, 0.1) is 34.8 Å². The van der Waals surface area contributed by atoms with Crippen LogP contribution < -0.4 is 0 Å². The number of hydrogen-bond acceptors (Lipinski definition) is 6. The third kappa shape index (κ3) is 6.64. The molecule has 1 aromatic carbocycles. The van der Waals surface area contributed by atoms with Crippen LogP contribution in [-0.2, 0) is 16.0 Å². The Morgan fingerprint density at radius 3 is 2.69 bits per heavy atom. The monoisotopic (exact) mass is 495 g/mol. The molecule has 1 fully saturated rings. The summed E-state index contributed by atoms with van der Waals surface area (Å²) in [5.41, 5.74) is 1.68. The summed E-state index contributed by atoms with van der Waals surface area (Å²) in [5.74, 6) is 0.254. The third-order valence-electron chi connectivity index (χ3n) is 6.22. The van der Waals surface area contributed by atoms with Crippen molar-refractivity contribution in [3.63, 3.8) is 0 Å². The molecule has 36 heavy (non-hydrogen) atoms. The lowest BCUT2D eigenvalue weighted by Crippen LogP contribution is -2.55. The minimum absolute atomic E-state index is 0.187. The van der Waals surface area contributed by atoms with Gasteiger partial charge in [-0.25, -0.2) is 9.78 Å². The van der Waals surface area contributed by atoms with Gasteiger partial charge in [0.2, 0.25) is 0 Å². The summed E-state index contributed by atoms with van der Waals surface area (Å²) in [4.78, 5) is 34.8. The maximum atomic E-state index is 14.1. The quantitative estimate of drug-likeness (QED) is 0.357. The highest BCUT2D eigenvalue weighted by Crippen LogP contribution is 2.26. The second-order valence-electron chi connectivity index (χ2n) is 9.82. The number of unbranched alkanes of at least 4 members (excludes halogenated alkanes) is 1. The number of methoxy groups -OCH3 is 1. The first-order valence-corrected chi connectivity index (χ1v) is 12.5. The van der Waals surface area contributed by atoms with E-state index in [1.54, 1.807) is 18.9 Å². The first-order valence-electron chi connectivity index (χ1n) is 12.5. The lowest BCUT2D eigenvalue weighted by molar-refractivity contribution is 0.0424. The Hall–Kier alpha value is -3.38. The predicted molar refractivity (Wildman–Crippen MR) is 137 cm³/mol. The van der Waals surface area contributed by atoms with E-state index < -0.39 is 12.0 Å². The molecule has 9 nitrogen and oxygen atoms in total. The largest absolute Gasteiger partial charge is 0.416 e. The van der Waals surface area contributed by atoms with Crippen molar-refractivity contribution in [2.75, 3.05) is 33.4 Å². The molecule has 0 unspecified atom stereocenters. The number of nitriles is 1. The average Bonchev–Trinajstić information content (AvgIpc) is 3.22. The number of nitrogens with zero attached hydrogens (tertiary/aromatic N) is 5. The molecule has 0 aliphatic carbocycles. The summed E-state index contributed by atoms with van der Waals surface area (Å²) in [6, 6.07) is 9.69. The van der Waals surface area contributed by atoms with Crippen molar-refractivity contribution < 1.29 is 19.1 Å². The van der Waals surface area contributed by atoms with Crippen molar-refractivity contribution in [1.29, 1.82) is 5.26 Å². The second-order valence-corrected chi connectivity index (χ2v) is 9.82. The molecule has 1 aliphatic heterocycles. The molecule has 2 heterocycles. The molecule has 1 saturated heterocycles. The van der Waals surface area contributed by atoms with Gasteiger partial charge in [-0.2, -0.15) is 5.26 Å². The van der Waals surface area contributed by atoms with Gasteiger partial charge in [0.1, 0.15) is 0 Å². The van der Waals surface area contributed by atoms with Crippen LogP contribution in [0.2, 0.25) is 0 Å². The van der Waals surface area contributed by atoms with Crippen molar-refractivity contribution in [3.05, 3.63) is 42.4 Å². The molecule has 9 heteroatoms. The van der Waals surface area contributed by atoms with Gasteiger partial charge in [-0.05, 0) is 44.2 Å². The van der Waals surface area contributed by atoms with Crippen molar-refractivity contribution in [1.82, 2.24) is 19.4 Å². The van der Waals surface area contributed by atoms with E-state index in [1.165, 1.54) is 4.90 Å². The lowest BCUT2D eigenvalue weighted by atomic mass is 9.93. The Morgan fingerprint density at radius 1 is 1.28 bits per heavy atom. The standard InChI is InChI=1S/C27H37N5O4/c1-19(2)16-32(22-14-21(15-28)17-30(18-22)27(34)36-20(3)4)26(33)25-29-23-10-6-7-11-24(23)31(25)12-8-9-13-35-5/h6-7,10-11,19,21-22H,3,8-9,12-14,16-18H2,1-2,4-5H3/t21-,22-/m0/s1. The van der Waals surface area contributed by atoms with E-state index in [0.29, 0.717) is 31.9 Å². The number of amides is 2. The Morgan fingerprint density at radius 2 is 2.03 bits per heavy atom. The van der Waals surface area contributed by atoms with E-state index in [0.717, 1.165) is 23.9 Å². The van der Waals surface area contributed by atoms with Gasteiger partial charge in [0.15, 0.2) is 5.82 Å². The number of carbonyl (C=O) groups excluding carboxylic acids is 2. The Kier molecular flexibility index (Phi) is 9.48. The minimum Gasteiger partial charge on any atom is -0.416 e. The van der Waals surface area contributed by atoms with E-state index in [2.05, 4.69) is 12.6 Å². The number of fused-ring (bicyclic) bond motifs is 1. The molecule has 1 aromatic heterocycles. The van der Waals surface area contributed by atoms with Crippen LogP contribution in [0.25, 0.3) is 11.0 Å². The zero-order valence-corrected chi connectivity index (χ0v) is 21.8. The highest BCUT2D eigenvalue weighted by molar-refractivity contribution is 5.95. The summed E-state index contributed by atoms with van der Waals surface area (Å²) in [5, 5.41) is 9.71. The fraction of sp³-hybridized carbons (Fsp3) is 0.556. The summed E-state index contributed by atoms with van der Waals surface area (Å²) >= 11 is 0. The number of ether oxygens (including phenoxy) is 2. The van der Waals surface area contributed by atoms with Crippen LogP contribution in [0.1, 0.15) is 50.7 Å². The van der Waals surface area contributed by atoms with Crippen molar-refractivity contribution in [3.8, 4) is 6.07 Å². The summed E-state index contributed by atoms with van der Waals surface area (Å²) in [7, 11) is 1.68. The Labute approximate surface area is 213 Å². The van der Waals surface area contributed by atoms with Crippen LogP contribution in [0.3, 0.4) is 0 Å². The van der Waals surface area contributed by atoms with Crippen LogP contribution in [0, 0.1) is 23.2 Å². The van der Waals surface area contributed by atoms with Gasteiger partial charge in [-0.3, -0.25) is 4.79 Å². The molecule has 1 aliphatic rings. The number of likely N-dealkylation sites (tertiary alicyclic amines) is 1. The van der Waals surface area contributed by atoms with Crippen molar-refractivity contribution in [2.24, 2.45) is 11.8 Å². The number of aryl methyl sites for hydroxylation is 1. The van der Waals surface area contributed by atoms with Crippen molar-refractivity contribution in [2.45, 2.75) is 52.6 Å². The SMILES string of the molecule is C=C(C)OC(=O)N1C[C@H](C#N)C[C@H](N(CC(C)C)C(=O)c2nc3ccccc3n2CCCCOC)C1. The number of rotatable bonds is 10. The topological polar surface area (TPSA) is 101 Å². The van der Waals surface area contributed by atoms with E-state index in [9.17, 15) is 14.9 Å². The van der Waals surface area contributed by atoms with Gasteiger partial charge in [-0.15, -0.1) is 0 Å². The van der Waals surface area contributed by atoms with E-state index in [-0.39, 0.29) is 36.7 Å². The highest BCUT2D eigenvalue weighted by atomic mass is 16.6. The maximum Gasteiger partial charge on any atom is 0.414 e. The molecule has 0 N–H and O–H groups in total. The van der Waals surface area contributed by atoms with Gasteiger partial charge in [0.25, 0.3) is 5.91 Å². The van der Waals surface area contributed by atoms with Gasteiger partial charge in [-0.1, -0.05) is 32.6 Å². The maximum absolute atomic E-state index is 14.1. The predicted octanol–water partition coefficient (Wildman–Crippen LogP) is 4.45. The molecule has 0 bridgehead atoms. The molecule has 2 atom stereocenters. The molecule has 0 saturated carbocycles. The van der Waals surface area contributed by atoms with E-state index in [1.807, 2.05) is 42.7 Å². The number of aromatic nitrogens is 2. The number of hydrogen-bond donors (Lipinski definition) is 0. The minimum atomic E-state index is -0.547. The number of imidazole rings is 1. The van der Waals surface area contributed by atoms with E-state index in [4.69, 9.17) is 14.5 Å². The fourth-order valence-corrected chi connectivity index (χ4v) is 4.66. The molecule has 0 radical (unpaired) electrons. The van der Waals surface area contributed by atoms with Gasteiger partial charge < -0.3 is 23.8 Å². The molecular weight excluding hydrogens is 458 g/mol. The molecule has 3 rings (SSSR count). The number of carbonyl (C=O) groups is 2. The Balaban J connectivity index is 1.95. The number of benzene rings is 1. The fourth-order valence-electron chi connectivity index (χ4n) is 4.66. The van der Waals surface area contributed by atoms with E-state index >= 15 is 0 Å². The molecular formula is C27H37N5O4. The molecule has 194 valence electrons. The lowest BCUT2D eigenvalue weighted by Gasteiger charge is -2.41. The van der Waals surface area contributed by atoms with Crippen LogP contribution in [0.5, 0.6) is 0 Å². The van der Waals surface area contributed by atoms with Gasteiger partial charge in [0, 0.05) is 39.9 Å². The van der Waals surface area contributed by atoms with Gasteiger partial charge >= 0.3 is 6.09 Å². The summed E-state index contributed by atoms with van der Waals surface area (Å²) in [6.07, 6.45) is 1.66. The van der Waals surface area contributed by atoms with Crippen molar-refractivity contribution >= 4 is 23.0 Å². The number of allylic oxidation sites excluding steroid dienone is 1. The Bertz CT molecular complexity index is 1120. The zero-order valence-electron chi connectivity index (χ0n) is 21.8. The first kappa shape index (κ1) is 27.2.